The molecule has 0 radical (unpaired) electrons. The molecule has 2 aliphatic rings. The van der Waals surface area contributed by atoms with Gasteiger partial charge in [-0.2, -0.15) is 0 Å². The SMILES string of the molecule is CCC(N)(CC)C(=O)N1CCC2C(CCCN2C)C1. The molecule has 2 aliphatic heterocycles. The van der Waals surface area contributed by atoms with E-state index >= 15 is 0 Å². The molecule has 2 saturated heterocycles. The van der Waals surface area contributed by atoms with Crippen LogP contribution in [0.3, 0.4) is 0 Å². The summed E-state index contributed by atoms with van der Waals surface area (Å²) in [4.78, 5) is 17.1. The molecule has 0 saturated carbocycles. The van der Waals surface area contributed by atoms with E-state index in [0.717, 1.165) is 32.4 Å². The average Bonchev–Trinajstić information content (AvgIpc) is 2.45. The number of carbonyl (C=O) groups is 1. The van der Waals surface area contributed by atoms with Gasteiger partial charge in [-0.1, -0.05) is 13.8 Å². The van der Waals surface area contributed by atoms with Crippen molar-refractivity contribution in [3.05, 3.63) is 0 Å². The van der Waals surface area contributed by atoms with E-state index in [1.807, 2.05) is 18.7 Å². The first kappa shape index (κ1) is 14.8. The number of hydrogen-bond donors (Lipinski definition) is 1. The molecular formula is C15H29N3O. The molecule has 19 heavy (non-hydrogen) atoms. The molecule has 0 spiro atoms. The first-order valence-electron chi connectivity index (χ1n) is 7.80. The van der Waals surface area contributed by atoms with Crippen molar-refractivity contribution in [2.75, 3.05) is 26.7 Å². The van der Waals surface area contributed by atoms with Crippen LogP contribution in [0.15, 0.2) is 0 Å². The fourth-order valence-electron chi connectivity index (χ4n) is 3.70. The molecule has 2 heterocycles. The van der Waals surface area contributed by atoms with Crippen molar-refractivity contribution in [3.8, 4) is 0 Å². The van der Waals surface area contributed by atoms with Gasteiger partial charge in [0.25, 0.3) is 0 Å². The van der Waals surface area contributed by atoms with Gasteiger partial charge in [-0.3, -0.25) is 4.79 Å². The molecule has 2 N–H and O–H groups in total. The van der Waals surface area contributed by atoms with Crippen molar-refractivity contribution < 1.29 is 4.79 Å². The van der Waals surface area contributed by atoms with Crippen LogP contribution in [0.5, 0.6) is 0 Å². The number of carbonyl (C=O) groups excluding carboxylic acids is 1. The minimum Gasteiger partial charge on any atom is -0.341 e. The van der Waals surface area contributed by atoms with Crippen molar-refractivity contribution in [3.63, 3.8) is 0 Å². The van der Waals surface area contributed by atoms with Crippen molar-refractivity contribution in [1.82, 2.24) is 9.80 Å². The zero-order valence-electron chi connectivity index (χ0n) is 12.7. The van der Waals surface area contributed by atoms with Gasteiger partial charge < -0.3 is 15.5 Å². The number of nitrogens with zero attached hydrogens (tertiary/aromatic N) is 2. The summed E-state index contributed by atoms with van der Waals surface area (Å²) >= 11 is 0. The van der Waals surface area contributed by atoms with Gasteiger partial charge in [-0.15, -0.1) is 0 Å². The predicted molar refractivity (Wildman–Crippen MR) is 77.8 cm³/mol. The van der Waals surface area contributed by atoms with Crippen molar-refractivity contribution in [2.45, 2.75) is 57.5 Å². The van der Waals surface area contributed by atoms with Crippen LogP contribution < -0.4 is 5.73 Å². The Morgan fingerprint density at radius 3 is 2.58 bits per heavy atom. The van der Waals surface area contributed by atoms with E-state index < -0.39 is 5.54 Å². The minimum absolute atomic E-state index is 0.171. The van der Waals surface area contributed by atoms with Crippen LogP contribution in [0, 0.1) is 5.92 Å². The zero-order valence-corrected chi connectivity index (χ0v) is 12.7. The smallest absolute Gasteiger partial charge is 0.242 e. The van der Waals surface area contributed by atoms with Crippen LogP contribution >= 0.6 is 0 Å². The largest absolute Gasteiger partial charge is 0.341 e. The van der Waals surface area contributed by atoms with Gasteiger partial charge in [-0.05, 0) is 51.6 Å². The Labute approximate surface area is 117 Å². The van der Waals surface area contributed by atoms with Crippen LogP contribution in [0.1, 0.15) is 46.0 Å². The molecule has 2 unspecified atom stereocenters. The molecule has 0 aliphatic carbocycles. The number of hydrogen-bond acceptors (Lipinski definition) is 3. The number of nitrogens with two attached hydrogens (primary N) is 1. The highest BCUT2D eigenvalue weighted by Gasteiger charge is 2.40. The number of piperidine rings is 2. The molecular weight excluding hydrogens is 238 g/mol. The fourth-order valence-corrected chi connectivity index (χ4v) is 3.70. The lowest BCUT2D eigenvalue weighted by atomic mass is 9.83. The van der Waals surface area contributed by atoms with E-state index in [4.69, 9.17) is 5.73 Å². The molecule has 0 aromatic carbocycles. The van der Waals surface area contributed by atoms with Crippen LogP contribution in [-0.2, 0) is 4.79 Å². The van der Waals surface area contributed by atoms with Crippen molar-refractivity contribution >= 4 is 5.91 Å². The second kappa shape index (κ2) is 5.80. The second-order valence-electron chi connectivity index (χ2n) is 6.35. The molecule has 0 bridgehead atoms. The van der Waals surface area contributed by atoms with Gasteiger partial charge in [0.2, 0.25) is 5.91 Å². The Kier molecular flexibility index (Phi) is 4.51. The summed E-state index contributed by atoms with van der Waals surface area (Å²) in [7, 11) is 2.22. The Balaban J connectivity index is 2.02. The van der Waals surface area contributed by atoms with Gasteiger partial charge in [0.1, 0.15) is 0 Å². The Morgan fingerprint density at radius 2 is 1.95 bits per heavy atom. The summed E-state index contributed by atoms with van der Waals surface area (Å²) in [5.41, 5.74) is 5.62. The topological polar surface area (TPSA) is 49.6 Å². The Hall–Kier alpha value is -0.610. The highest BCUT2D eigenvalue weighted by molar-refractivity contribution is 5.86. The fraction of sp³-hybridized carbons (Fsp3) is 0.933. The average molecular weight is 267 g/mol. The first-order valence-corrected chi connectivity index (χ1v) is 7.80. The molecule has 2 rings (SSSR count). The van der Waals surface area contributed by atoms with Crippen LogP contribution in [0.25, 0.3) is 0 Å². The van der Waals surface area contributed by atoms with Crippen LogP contribution in [-0.4, -0.2) is 54.0 Å². The van der Waals surface area contributed by atoms with E-state index in [1.165, 1.54) is 19.4 Å². The molecule has 2 fully saturated rings. The Bertz CT molecular complexity index is 327. The lowest BCUT2D eigenvalue weighted by Gasteiger charge is -2.47. The lowest BCUT2D eigenvalue weighted by molar-refractivity contribution is -0.140. The minimum atomic E-state index is -0.645. The number of fused-ring (bicyclic) bond motifs is 1. The van der Waals surface area contributed by atoms with Crippen molar-refractivity contribution in [2.24, 2.45) is 11.7 Å². The van der Waals surface area contributed by atoms with Crippen LogP contribution in [0.4, 0.5) is 0 Å². The van der Waals surface area contributed by atoms with Gasteiger partial charge in [0.15, 0.2) is 0 Å². The van der Waals surface area contributed by atoms with Gasteiger partial charge in [0, 0.05) is 19.1 Å². The normalized spacial score (nSPS) is 29.2. The predicted octanol–water partition coefficient (Wildman–Crippen LogP) is 1.45. The highest BCUT2D eigenvalue weighted by atomic mass is 16.2. The summed E-state index contributed by atoms with van der Waals surface area (Å²) in [6, 6.07) is 0.674. The van der Waals surface area contributed by atoms with E-state index in [-0.39, 0.29) is 5.91 Å². The first-order chi connectivity index (χ1) is 9.01. The van der Waals surface area contributed by atoms with E-state index in [9.17, 15) is 4.79 Å². The van der Waals surface area contributed by atoms with Crippen molar-refractivity contribution in [1.29, 1.82) is 0 Å². The maximum absolute atomic E-state index is 12.6. The van der Waals surface area contributed by atoms with E-state index in [0.29, 0.717) is 12.0 Å². The molecule has 0 aromatic rings. The second-order valence-corrected chi connectivity index (χ2v) is 6.35. The number of likely N-dealkylation sites (tertiary alicyclic amines) is 2. The molecule has 4 nitrogen and oxygen atoms in total. The summed E-state index contributed by atoms with van der Waals surface area (Å²) in [6.45, 7) is 7.03. The quantitative estimate of drug-likeness (QED) is 0.842. The summed E-state index contributed by atoms with van der Waals surface area (Å²) in [6.07, 6.45) is 5.08. The monoisotopic (exact) mass is 267 g/mol. The maximum atomic E-state index is 12.6. The third kappa shape index (κ3) is 2.79. The van der Waals surface area contributed by atoms with Gasteiger partial charge >= 0.3 is 0 Å². The van der Waals surface area contributed by atoms with Crippen LogP contribution in [0.2, 0.25) is 0 Å². The van der Waals surface area contributed by atoms with E-state index in [2.05, 4.69) is 11.9 Å². The molecule has 110 valence electrons. The third-order valence-electron chi connectivity index (χ3n) is 5.32. The maximum Gasteiger partial charge on any atom is 0.242 e. The number of amides is 1. The summed E-state index contributed by atoms with van der Waals surface area (Å²) in [5.74, 6) is 0.818. The standard InChI is InChI=1S/C15H29N3O/c1-4-15(16,5-2)14(19)18-10-8-13-12(11-18)7-6-9-17(13)3/h12-13H,4-11,16H2,1-3H3. The molecule has 2 atom stereocenters. The number of rotatable bonds is 3. The molecule has 0 aromatic heterocycles. The lowest BCUT2D eigenvalue weighted by Crippen LogP contribution is -2.60. The molecule has 4 heteroatoms. The van der Waals surface area contributed by atoms with E-state index in [1.54, 1.807) is 0 Å². The summed E-state index contributed by atoms with van der Waals surface area (Å²) < 4.78 is 0. The Morgan fingerprint density at radius 1 is 1.26 bits per heavy atom. The zero-order chi connectivity index (χ0) is 14.0. The molecule has 1 amide bonds. The van der Waals surface area contributed by atoms with Gasteiger partial charge in [-0.25, -0.2) is 0 Å². The summed E-state index contributed by atoms with van der Waals surface area (Å²) in [5, 5.41) is 0. The third-order valence-corrected chi connectivity index (χ3v) is 5.32. The highest BCUT2D eigenvalue weighted by Crippen LogP contribution is 2.30. The van der Waals surface area contributed by atoms with Gasteiger partial charge in [0.05, 0.1) is 5.54 Å².